The standard InChI is InChI=1S/C19H23N3O2S/c1-14-7-5-6-10-16(14)18-21-22-19(24-18)25-13-17(23)20-12-11-15-8-3-2-4-9-15/h5-8,10H,2-4,9,11-13H2,1H3,(H,20,23). The molecule has 0 bridgehead atoms. The molecule has 132 valence electrons. The summed E-state index contributed by atoms with van der Waals surface area (Å²) in [5.41, 5.74) is 3.48. The number of rotatable bonds is 7. The molecule has 0 radical (unpaired) electrons. The summed E-state index contributed by atoms with van der Waals surface area (Å²) in [5.74, 6) is 0.774. The molecule has 1 amide bonds. The van der Waals surface area contributed by atoms with Crippen molar-refractivity contribution in [3.8, 4) is 11.5 Å². The lowest BCUT2D eigenvalue weighted by atomic mass is 9.97. The molecule has 1 aliphatic rings. The second-order valence-corrected chi connectivity index (χ2v) is 7.11. The van der Waals surface area contributed by atoms with Crippen molar-refractivity contribution in [1.82, 2.24) is 15.5 Å². The van der Waals surface area contributed by atoms with Crippen LogP contribution in [0.4, 0.5) is 0 Å². The van der Waals surface area contributed by atoms with E-state index in [1.165, 1.54) is 43.0 Å². The van der Waals surface area contributed by atoms with Crippen molar-refractivity contribution in [3.63, 3.8) is 0 Å². The highest BCUT2D eigenvalue weighted by Crippen LogP contribution is 2.25. The molecular weight excluding hydrogens is 334 g/mol. The molecule has 0 atom stereocenters. The summed E-state index contributed by atoms with van der Waals surface area (Å²) >= 11 is 1.27. The molecule has 0 saturated carbocycles. The first-order chi connectivity index (χ1) is 12.2. The van der Waals surface area contributed by atoms with Gasteiger partial charge in [0.2, 0.25) is 11.8 Å². The van der Waals surface area contributed by atoms with Gasteiger partial charge in [-0.1, -0.05) is 41.6 Å². The van der Waals surface area contributed by atoms with E-state index in [0.717, 1.165) is 17.5 Å². The van der Waals surface area contributed by atoms with Gasteiger partial charge in [-0.3, -0.25) is 4.79 Å². The molecule has 0 spiro atoms. The molecule has 25 heavy (non-hydrogen) atoms. The number of thioether (sulfide) groups is 1. The summed E-state index contributed by atoms with van der Waals surface area (Å²) in [6.45, 7) is 2.70. The third-order valence-corrected chi connectivity index (χ3v) is 5.08. The Bertz CT molecular complexity index is 755. The second kappa shape index (κ2) is 8.85. The Kier molecular flexibility index (Phi) is 6.28. The lowest BCUT2D eigenvalue weighted by Crippen LogP contribution is -2.26. The van der Waals surface area contributed by atoms with Crippen LogP contribution in [0.5, 0.6) is 0 Å². The van der Waals surface area contributed by atoms with Crippen LogP contribution in [0, 0.1) is 6.92 Å². The zero-order chi connectivity index (χ0) is 17.5. The van der Waals surface area contributed by atoms with Crippen LogP contribution in [0.25, 0.3) is 11.5 Å². The van der Waals surface area contributed by atoms with E-state index in [-0.39, 0.29) is 11.7 Å². The van der Waals surface area contributed by atoms with Crippen molar-refractivity contribution in [2.24, 2.45) is 0 Å². The van der Waals surface area contributed by atoms with Crippen LogP contribution >= 0.6 is 11.8 Å². The van der Waals surface area contributed by atoms with Crippen molar-refractivity contribution in [2.45, 2.75) is 44.3 Å². The summed E-state index contributed by atoms with van der Waals surface area (Å²) < 4.78 is 5.65. The number of aromatic nitrogens is 2. The van der Waals surface area contributed by atoms with E-state index in [2.05, 4.69) is 21.6 Å². The van der Waals surface area contributed by atoms with Gasteiger partial charge in [0.25, 0.3) is 5.22 Å². The molecule has 0 fully saturated rings. The predicted octanol–water partition coefficient (Wildman–Crippen LogP) is 4.14. The van der Waals surface area contributed by atoms with Crippen molar-refractivity contribution in [3.05, 3.63) is 41.5 Å². The van der Waals surface area contributed by atoms with Crippen molar-refractivity contribution in [2.75, 3.05) is 12.3 Å². The summed E-state index contributed by atoms with van der Waals surface area (Å²) in [4.78, 5) is 11.9. The highest BCUT2D eigenvalue weighted by atomic mass is 32.2. The summed E-state index contributed by atoms with van der Waals surface area (Å²) in [7, 11) is 0. The summed E-state index contributed by atoms with van der Waals surface area (Å²) in [6.07, 6.45) is 8.19. The van der Waals surface area contributed by atoms with Gasteiger partial charge in [-0.25, -0.2) is 0 Å². The van der Waals surface area contributed by atoms with Crippen LogP contribution in [0.15, 0.2) is 45.6 Å². The molecule has 1 heterocycles. The van der Waals surface area contributed by atoms with Crippen LogP contribution in [0.3, 0.4) is 0 Å². The van der Waals surface area contributed by atoms with E-state index in [1.807, 2.05) is 31.2 Å². The van der Waals surface area contributed by atoms with Crippen molar-refractivity contribution in [1.29, 1.82) is 0 Å². The number of hydrogen-bond donors (Lipinski definition) is 1. The molecule has 0 aliphatic heterocycles. The number of hydrogen-bond acceptors (Lipinski definition) is 5. The molecule has 1 N–H and O–H groups in total. The predicted molar refractivity (Wildman–Crippen MR) is 99.4 cm³/mol. The molecule has 0 unspecified atom stereocenters. The Labute approximate surface area is 152 Å². The average molecular weight is 357 g/mol. The minimum absolute atomic E-state index is 0.00273. The second-order valence-electron chi connectivity index (χ2n) is 6.18. The Hall–Kier alpha value is -2.08. The Morgan fingerprint density at radius 1 is 1.28 bits per heavy atom. The normalized spacial score (nSPS) is 14.2. The SMILES string of the molecule is Cc1ccccc1-c1nnc(SCC(=O)NCCC2=CCCCC2)o1. The molecule has 0 saturated heterocycles. The van der Waals surface area contributed by atoms with Crippen LogP contribution in [0.2, 0.25) is 0 Å². The summed E-state index contributed by atoms with van der Waals surface area (Å²) in [6, 6.07) is 7.86. The zero-order valence-corrected chi connectivity index (χ0v) is 15.3. The van der Waals surface area contributed by atoms with Gasteiger partial charge in [0.1, 0.15) is 0 Å². The molecule has 2 aromatic rings. The largest absolute Gasteiger partial charge is 0.411 e. The smallest absolute Gasteiger partial charge is 0.277 e. The Balaban J connectivity index is 1.43. The minimum atomic E-state index is -0.00273. The first-order valence-corrected chi connectivity index (χ1v) is 9.68. The molecule has 3 rings (SSSR count). The van der Waals surface area contributed by atoms with Gasteiger partial charge in [-0.2, -0.15) is 0 Å². The van der Waals surface area contributed by atoms with Gasteiger partial charge in [-0.05, 0) is 50.7 Å². The average Bonchev–Trinajstić information content (AvgIpc) is 3.10. The third kappa shape index (κ3) is 5.19. The van der Waals surface area contributed by atoms with Gasteiger partial charge in [0.15, 0.2) is 0 Å². The van der Waals surface area contributed by atoms with Crippen LogP contribution < -0.4 is 5.32 Å². The van der Waals surface area contributed by atoms with E-state index in [1.54, 1.807) is 0 Å². The van der Waals surface area contributed by atoms with Gasteiger partial charge >= 0.3 is 0 Å². The van der Waals surface area contributed by atoms with Crippen molar-refractivity contribution < 1.29 is 9.21 Å². The fraction of sp³-hybridized carbons (Fsp3) is 0.421. The first kappa shape index (κ1) is 17.7. The van der Waals surface area contributed by atoms with E-state index in [0.29, 0.717) is 17.7 Å². The number of carbonyl (C=O) groups is 1. The highest BCUT2D eigenvalue weighted by Gasteiger charge is 2.12. The zero-order valence-electron chi connectivity index (χ0n) is 14.5. The fourth-order valence-corrected chi connectivity index (χ4v) is 3.46. The molecule has 1 aliphatic carbocycles. The van der Waals surface area contributed by atoms with E-state index >= 15 is 0 Å². The molecule has 1 aromatic heterocycles. The maximum absolute atomic E-state index is 11.9. The number of allylic oxidation sites excluding steroid dienone is 1. The van der Waals surface area contributed by atoms with Crippen LogP contribution in [-0.2, 0) is 4.79 Å². The molecule has 6 heteroatoms. The third-order valence-electron chi connectivity index (χ3n) is 4.26. The van der Waals surface area contributed by atoms with Gasteiger partial charge in [0.05, 0.1) is 5.75 Å². The first-order valence-electron chi connectivity index (χ1n) is 8.69. The quantitative estimate of drug-likeness (QED) is 0.596. The number of aryl methyl sites for hydroxylation is 1. The molecule has 1 aromatic carbocycles. The van der Waals surface area contributed by atoms with E-state index in [9.17, 15) is 4.79 Å². The Morgan fingerprint density at radius 3 is 2.96 bits per heavy atom. The number of nitrogens with one attached hydrogen (secondary N) is 1. The number of carbonyl (C=O) groups excluding carboxylic acids is 1. The minimum Gasteiger partial charge on any atom is -0.411 e. The number of nitrogens with zero attached hydrogens (tertiary/aromatic N) is 2. The lowest BCUT2D eigenvalue weighted by molar-refractivity contribution is -0.118. The Morgan fingerprint density at radius 2 is 2.16 bits per heavy atom. The number of amides is 1. The van der Waals surface area contributed by atoms with Crippen LogP contribution in [0.1, 0.15) is 37.7 Å². The van der Waals surface area contributed by atoms with Gasteiger partial charge in [-0.15, -0.1) is 10.2 Å². The topological polar surface area (TPSA) is 68.0 Å². The molecule has 5 nitrogen and oxygen atoms in total. The van der Waals surface area contributed by atoms with E-state index in [4.69, 9.17) is 4.42 Å². The van der Waals surface area contributed by atoms with E-state index < -0.39 is 0 Å². The monoisotopic (exact) mass is 357 g/mol. The van der Waals surface area contributed by atoms with Gasteiger partial charge < -0.3 is 9.73 Å². The highest BCUT2D eigenvalue weighted by molar-refractivity contribution is 7.99. The lowest BCUT2D eigenvalue weighted by Gasteiger charge is -2.12. The number of benzene rings is 1. The maximum atomic E-state index is 11.9. The summed E-state index contributed by atoms with van der Waals surface area (Å²) in [5, 5.41) is 11.5. The fourth-order valence-electron chi connectivity index (χ4n) is 2.86. The van der Waals surface area contributed by atoms with Crippen LogP contribution in [-0.4, -0.2) is 28.4 Å². The van der Waals surface area contributed by atoms with Gasteiger partial charge in [0, 0.05) is 12.1 Å². The molecular formula is C19H23N3O2S. The van der Waals surface area contributed by atoms with Crippen molar-refractivity contribution >= 4 is 17.7 Å². The maximum Gasteiger partial charge on any atom is 0.277 e.